The fraction of sp³-hybridized carbons (Fsp3) is 0.267. The van der Waals surface area contributed by atoms with Crippen LogP contribution in [-0.4, -0.2) is 17.2 Å². The molecule has 0 bridgehead atoms. The summed E-state index contributed by atoms with van der Waals surface area (Å²) in [4.78, 5) is 4.24. The van der Waals surface area contributed by atoms with Gasteiger partial charge in [0.15, 0.2) is 0 Å². The lowest BCUT2D eigenvalue weighted by Crippen LogP contribution is -2.03. The van der Waals surface area contributed by atoms with Crippen molar-refractivity contribution < 1.29 is 9.84 Å². The van der Waals surface area contributed by atoms with E-state index in [1.165, 1.54) is 5.56 Å². The summed E-state index contributed by atoms with van der Waals surface area (Å²) in [5, 5.41) is 10.3. The molecule has 2 rings (SSSR count). The number of ether oxygens (including phenoxy) is 1. The Morgan fingerprint density at radius 2 is 1.89 bits per heavy atom. The maximum absolute atomic E-state index is 10.3. The first kappa shape index (κ1) is 12.6. The normalized spacial score (nSPS) is 12.2. The molecule has 2 aromatic rings. The minimum Gasteiger partial charge on any atom is -0.481 e. The third-order valence-corrected chi connectivity index (χ3v) is 2.94. The number of aliphatic hydroxyl groups is 1. The molecule has 1 N–H and O–H groups in total. The lowest BCUT2D eigenvalue weighted by molar-refractivity contribution is 0.213. The van der Waals surface area contributed by atoms with Crippen molar-refractivity contribution in [2.75, 3.05) is 7.11 Å². The van der Waals surface area contributed by atoms with Gasteiger partial charge < -0.3 is 9.84 Å². The Labute approximate surface area is 107 Å². The van der Waals surface area contributed by atoms with E-state index in [2.05, 4.69) is 11.9 Å². The van der Waals surface area contributed by atoms with Gasteiger partial charge in [-0.1, -0.05) is 37.3 Å². The van der Waals surface area contributed by atoms with Crippen molar-refractivity contribution >= 4 is 0 Å². The molecule has 0 saturated carbocycles. The zero-order valence-electron chi connectivity index (χ0n) is 10.6. The molecule has 1 aromatic carbocycles. The van der Waals surface area contributed by atoms with Crippen molar-refractivity contribution in [3.8, 4) is 5.88 Å². The number of aliphatic hydroxyl groups excluding tert-OH is 1. The van der Waals surface area contributed by atoms with Crippen molar-refractivity contribution in [2.24, 2.45) is 0 Å². The summed E-state index contributed by atoms with van der Waals surface area (Å²) in [6.07, 6.45) is 0.277. The molecule has 0 aliphatic heterocycles. The molecule has 0 amide bonds. The summed E-state index contributed by atoms with van der Waals surface area (Å²) < 4.78 is 5.06. The van der Waals surface area contributed by atoms with Gasteiger partial charge in [-0.25, -0.2) is 4.98 Å². The Morgan fingerprint density at radius 1 is 1.17 bits per heavy atom. The van der Waals surface area contributed by atoms with Crippen LogP contribution in [0.2, 0.25) is 0 Å². The fourth-order valence-electron chi connectivity index (χ4n) is 1.80. The molecular weight excluding hydrogens is 226 g/mol. The monoisotopic (exact) mass is 243 g/mol. The highest BCUT2D eigenvalue weighted by Crippen LogP contribution is 2.22. The molecule has 0 saturated heterocycles. The van der Waals surface area contributed by atoms with Crippen molar-refractivity contribution in [1.82, 2.24) is 4.98 Å². The van der Waals surface area contributed by atoms with E-state index >= 15 is 0 Å². The largest absolute Gasteiger partial charge is 0.481 e. The average Bonchev–Trinajstić information content (AvgIpc) is 2.46. The number of aromatic nitrogens is 1. The van der Waals surface area contributed by atoms with E-state index in [4.69, 9.17) is 4.74 Å². The van der Waals surface area contributed by atoms with Crippen LogP contribution < -0.4 is 4.74 Å². The highest BCUT2D eigenvalue weighted by molar-refractivity contribution is 5.30. The van der Waals surface area contributed by atoms with Gasteiger partial charge in [-0.05, 0) is 23.6 Å². The second-order valence-electron chi connectivity index (χ2n) is 4.10. The van der Waals surface area contributed by atoms with Crippen molar-refractivity contribution in [1.29, 1.82) is 0 Å². The van der Waals surface area contributed by atoms with E-state index in [0.717, 1.165) is 12.0 Å². The lowest BCUT2D eigenvalue weighted by Gasteiger charge is -2.11. The summed E-state index contributed by atoms with van der Waals surface area (Å²) in [6.45, 7) is 2.11. The SMILES string of the molecule is CCc1ccc(C(O)c2cccc(OC)n2)cc1. The average molecular weight is 243 g/mol. The molecule has 1 heterocycles. The number of pyridine rings is 1. The first-order valence-electron chi connectivity index (χ1n) is 6.02. The van der Waals surface area contributed by atoms with Crippen LogP contribution in [0, 0.1) is 0 Å². The van der Waals surface area contributed by atoms with Crippen LogP contribution in [0.15, 0.2) is 42.5 Å². The zero-order valence-corrected chi connectivity index (χ0v) is 10.6. The van der Waals surface area contributed by atoms with Gasteiger partial charge in [-0.3, -0.25) is 0 Å². The Hall–Kier alpha value is -1.87. The van der Waals surface area contributed by atoms with Crippen LogP contribution in [-0.2, 0) is 6.42 Å². The molecule has 1 atom stereocenters. The number of aryl methyl sites for hydroxylation is 1. The van der Waals surface area contributed by atoms with Crippen molar-refractivity contribution in [2.45, 2.75) is 19.4 Å². The first-order chi connectivity index (χ1) is 8.74. The molecule has 18 heavy (non-hydrogen) atoms. The topological polar surface area (TPSA) is 42.4 Å². The van der Waals surface area contributed by atoms with Gasteiger partial charge >= 0.3 is 0 Å². The van der Waals surface area contributed by atoms with Crippen LogP contribution in [0.3, 0.4) is 0 Å². The van der Waals surface area contributed by atoms with Gasteiger partial charge in [0.2, 0.25) is 5.88 Å². The van der Waals surface area contributed by atoms with Gasteiger partial charge in [0, 0.05) is 6.07 Å². The van der Waals surface area contributed by atoms with Crippen molar-refractivity contribution in [3.63, 3.8) is 0 Å². The molecule has 94 valence electrons. The number of benzene rings is 1. The maximum Gasteiger partial charge on any atom is 0.213 e. The van der Waals surface area contributed by atoms with Gasteiger partial charge in [0.25, 0.3) is 0 Å². The Bertz CT molecular complexity index is 508. The van der Waals surface area contributed by atoms with Crippen LogP contribution >= 0.6 is 0 Å². The molecule has 0 spiro atoms. The molecule has 0 radical (unpaired) electrons. The first-order valence-corrected chi connectivity index (χ1v) is 6.02. The molecule has 1 unspecified atom stereocenters. The summed E-state index contributed by atoms with van der Waals surface area (Å²) in [6, 6.07) is 13.3. The predicted molar refractivity (Wildman–Crippen MR) is 70.7 cm³/mol. The second-order valence-corrected chi connectivity index (χ2v) is 4.10. The summed E-state index contributed by atoms with van der Waals surface area (Å²) in [5.74, 6) is 0.511. The van der Waals surface area contributed by atoms with Gasteiger partial charge in [0.1, 0.15) is 6.10 Å². The molecule has 0 aliphatic rings. The minimum atomic E-state index is -0.717. The van der Waals surface area contributed by atoms with E-state index in [9.17, 15) is 5.11 Å². The van der Waals surface area contributed by atoms with E-state index in [-0.39, 0.29) is 0 Å². The highest BCUT2D eigenvalue weighted by Gasteiger charge is 2.12. The van der Waals surface area contributed by atoms with E-state index in [1.54, 1.807) is 19.2 Å². The zero-order chi connectivity index (χ0) is 13.0. The Kier molecular flexibility index (Phi) is 3.95. The van der Waals surface area contributed by atoms with E-state index in [1.807, 2.05) is 30.3 Å². The van der Waals surface area contributed by atoms with Crippen LogP contribution in [0.25, 0.3) is 0 Å². The molecule has 0 aliphatic carbocycles. The standard InChI is InChI=1S/C15H17NO2/c1-3-11-7-9-12(10-8-11)15(17)13-5-4-6-14(16-13)18-2/h4-10,15,17H,3H2,1-2H3. The maximum atomic E-state index is 10.3. The van der Waals surface area contributed by atoms with E-state index in [0.29, 0.717) is 11.6 Å². The summed E-state index contributed by atoms with van der Waals surface area (Å²) in [5.41, 5.74) is 2.69. The molecular formula is C15H17NO2. The Balaban J connectivity index is 2.25. The minimum absolute atomic E-state index is 0.511. The smallest absolute Gasteiger partial charge is 0.213 e. The number of hydrogen-bond donors (Lipinski definition) is 1. The lowest BCUT2D eigenvalue weighted by atomic mass is 10.0. The molecule has 3 heteroatoms. The third-order valence-electron chi connectivity index (χ3n) is 2.94. The third kappa shape index (κ3) is 2.68. The van der Waals surface area contributed by atoms with Crippen LogP contribution in [0.5, 0.6) is 5.88 Å². The number of methoxy groups -OCH3 is 1. The van der Waals surface area contributed by atoms with Gasteiger partial charge in [-0.15, -0.1) is 0 Å². The second kappa shape index (κ2) is 5.65. The van der Waals surface area contributed by atoms with Crippen LogP contribution in [0.4, 0.5) is 0 Å². The van der Waals surface area contributed by atoms with Crippen molar-refractivity contribution in [3.05, 3.63) is 59.3 Å². The summed E-state index contributed by atoms with van der Waals surface area (Å²) in [7, 11) is 1.56. The highest BCUT2D eigenvalue weighted by atomic mass is 16.5. The Morgan fingerprint density at radius 3 is 2.50 bits per heavy atom. The molecule has 0 fully saturated rings. The summed E-state index contributed by atoms with van der Waals surface area (Å²) >= 11 is 0. The number of rotatable bonds is 4. The number of hydrogen-bond acceptors (Lipinski definition) is 3. The van der Waals surface area contributed by atoms with Gasteiger partial charge in [-0.2, -0.15) is 0 Å². The quantitative estimate of drug-likeness (QED) is 0.897. The van der Waals surface area contributed by atoms with E-state index < -0.39 is 6.10 Å². The fourth-order valence-corrected chi connectivity index (χ4v) is 1.80. The predicted octanol–water partition coefficient (Wildman–Crippen LogP) is 2.73. The molecule has 3 nitrogen and oxygen atoms in total. The van der Waals surface area contributed by atoms with Crippen LogP contribution in [0.1, 0.15) is 29.8 Å². The van der Waals surface area contributed by atoms with Gasteiger partial charge in [0.05, 0.1) is 12.8 Å². The molecule has 1 aromatic heterocycles. The number of nitrogens with zero attached hydrogens (tertiary/aromatic N) is 1.